The third-order valence-electron chi connectivity index (χ3n) is 4.55. The van der Waals surface area contributed by atoms with Crippen molar-refractivity contribution in [1.29, 1.82) is 0 Å². The molecule has 0 saturated carbocycles. The summed E-state index contributed by atoms with van der Waals surface area (Å²) in [5.74, 6) is 0.518. The summed E-state index contributed by atoms with van der Waals surface area (Å²) in [6.07, 6.45) is 2.46. The van der Waals surface area contributed by atoms with Crippen LogP contribution in [0.15, 0.2) is 42.5 Å². The summed E-state index contributed by atoms with van der Waals surface area (Å²) >= 11 is 0. The van der Waals surface area contributed by atoms with Gasteiger partial charge in [-0.3, -0.25) is 9.59 Å². The van der Waals surface area contributed by atoms with E-state index < -0.39 is 0 Å². The van der Waals surface area contributed by atoms with Crippen molar-refractivity contribution in [2.75, 3.05) is 37.0 Å². The van der Waals surface area contributed by atoms with Crippen molar-refractivity contribution in [3.63, 3.8) is 0 Å². The van der Waals surface area contributed by atoms with Crippen LogP contribution in [0.4, 0.5) is 11.4 Å². The molecule has 0 atom stereocenters. The van der Waals surface area contributed by atoms with Gasteiger partial charge in [0.2, 0.25) is 0 Å². The van der Waals surface area contributed by atoms with E-state index in [-0.39, 0.29) is 18.3 Å². The van der Waals surface area contributed by atoms with Crippen LogP contribution in [0.1, 0.15) is 30.1 Å². The van der Waals surface area contributed by atoms with E-state index in [9.17, 15) is 9.59 Å². The van der Waals surface area contributed by atoms with Crippen LogP contribution in [0.5, 0.6) is 11.5 Å². The summed E-state index contributed by atoms with van der Waals surface area (Å²) in [5, 5.41) is 2.82. The Morgan fingerprint density at radius 3 is 2.37 bits per heavy atom. The van der Waals surface area contributed by atoms with Crippen molar-refractivity contribution in [3.05, 3.63) is 48.0 Å². The first kappa shape index (κ1) is 18.8. The number of carbonyl (C=O) groups is 2. The lowest BCUT2D eigenvalue weighted by Gasteiger charge is -2.17. The second-order valence-corrected chi connectivity index (χ2v) is 6.50. The molecule has 2 aromatic carbocycles. The molecular formula is C21H24N2O4. The summed E-state index contributed by atoms with van der Waals surface area (Å²) in [7, 11) is 1.49. The number of nitrogens with one attached hydrogen (secondary N) is 1. The zero-order chi connectivity index (χ0) is 19.2. The zero-order valence-corrected chi connectivity index (χ0v) is 15.7. The molecule has 1 aliphatic rings. The number of hydrogen-bond acceptors (Lipinski definition) is 5. The monoisotopic (exact) mass is 368 g/mol. The van der Waals surface area contributed by atoms with E-state index in [1.165, 1.54) is 32.6 Å². The van der Waals surface area contributed by atoms with Gasteiger partial charge in [-0.2, -0.15) is 0 Å². The maximum absolute atomic E-state index is 12.2. The SMILES string of the molecule is COc1cc(C(C)=O)ccc1OCC(=O)Nc1ccc(N2CCCC2)cc1. The zero-order valence-electron chi connectivity index (χ0n) is 15.7. The molecule has 6 heteroatoms. The Morgan fingerprint density at radius 1 is 1.04 bits per heavy atom. The van der Waals surface area contributed by atoms with Crippen LogP contribution in [0.25, 0.3) is 0 Å². The molecule has 1 saturated heterocycles. The fraction of sp³-hybridized carbons (Fsp3) is 0.333. The Labute approximate surface area is 159 Å². The second kappa shape index (κ2) is 8.58. The standard InChI is InChI=1S/C21H24N2O4/c1-15(24)16-5-10-19(20(13-16)26-2)27-14-21(25)22-17-6-8-18(9-7-17)23-11-3-4-12-23/h5-10,13H,3-4,11-12,14H2,1-2H3,(H,22,25). The number of hydrogen-bond donors (Lipinski definition) is 1. The topological polar surface area (TPSA) is 67.9 Å². The average molecular weight is 368 g/mol. The molecule has 1 amide bonds. The van der Waals surface area contributed by atoms with Crippen molar-refractivity contribution in [2.24, 2.45) is 0 Å². The first-order valence-electron chi connectivity index (χ1n) is 9.03. The highest BCUT2D eigenvalue weighted by Gasteiger charge is 2.13. The number of amides is 1. The van der Waals surface area contributed by atoms with Crippen LogP contribution in [-0.4, -0.2) is 38.5 Å². The third-order valence-corrected chi connectivity index (χ3v) is 4.55. The molecule has 1 fully saturated rings. The van der Waals surface area contributed by atoms with Gasteiger partial charge >= 0.3 is 0 Å². The maximum Gasteiger partial charge on any atom is 0.262 e. The van der Waals surface area contributed by atoms with Gasteiger partial charge in [0, 0.05) is 30.0 Å². The number of rotatable bonds is 7. The normalized spacial score (nSPS) is 13.3. The number of anilines is 2. The summed E-state index contributed by atoms with van der Waals surface area (Å²) < 4.78 is 10.8. The van der Waals surface area contributed by atoms with Gasteiger partial charge in [0.15, 0.2) is 23.9 Å². The molecule has 6 nitrogen and oxygen atoms in total. The van der Waals surface area contributed by atoms with Gasteiger partial charge < -0.3 is 19.7 Å². The van der Waals surface area contributed by atoms with E-state index in [2.05, 4.69) is 10.2 Å². The molecule has 1 N–H and O–H groups in total. The predicted molar refractivity (Wildman–Crippen MR) is 105 cm³/mol. The molecule has 0 spiro atoms. The Kier molecular flexibility index (Phi) is 5.96. The molecule has 27 heavy (non-hydrogen) atoms. The van der Waals surface area contributed by atoms with E-state index in [1.54, 1.807) is 18.2 Å². The van der Waals surface area contributed by atoms with Crippen molar-refractivity contribution >= 4 is 23.1 Å². The lowest BCUT2D eigenvalue weighted by atomic mass is 10.1. The van der Waals surface area contributed by atoms with E-state index in [0.29, 0.717) is 17.1 Å². The van der Waals surface area contributed by atoms with Crippen molar-refractivity contribution < 1.29 is 19.1 Å². The van der Waals surface area contributed by atoms with E-state index in [4.69, 9.17) is 9.47 Å². The predicted octanol–water partition coefficient (Wildman–Crippen LogP) is 3.52. The molecule has 0 unspecified atom stereocenters. The van der Waals surface area contributed by atoms with Crippen LogP contribution in [-0.2, 0) is 4.79 Å². The van der Waals surface area contributed by atoms with E-state index in [1.807, 2.05) is 24.3 Å². The number of benzene rings is 2. The van der Waals surface area contributed by atoms with Gasteiger partial charge in [0.25, 0.3) is 5.91 Å². The average Bonchev–Trinajstić information content (AvgIpc) is 3.21. The van der Waals surface area contributed by atoms with Crippen molar-refractivity contribution in [2.45, 2.75) is 19.8 Å². The van der Waals surface area contributed by atoms with Crippen LogP contribution in [0.3, 0.4) is 0 Å². The second-order valence-electron chi connectivity index (χ2n) is 6.50. The fourth-order valence-corrected chi connectivity index (χ4v) is 3.08. The van der Waals surface area contributed by atoms with Crippen LogP contribution < -0.4 is 19.7 Å². The maximum atomic E-state index is 12.2. The van der Waals surface area contributed by atoms with Gasteiger partial charge in [-0.15, -0.1) is 0 Å². The van der Waals surface area contributed by atoms with Crippen LogP contribution in [0, 0.1) is 0 Å². The number of ketones is 1. The van der Waals surface area contributed by atoms with E-state index >= 15 is 0 Å². The smallest absolute Gasteiger partial charge is 0.262 e. The van der Waals surface area contributed by atoms with Gasteiger partial charge in [0.05, 0.1) is 7.11 Å². The summed E-state index contributed by atoms with van der Waals surface area (Å²) in [6, 6.07) is 12.7. The van der Waals surface area contributed by atoms with Crippen molar-refractivity contribution in [3.8, 4) is 11.5 Å². The lowest BCUT2D eigenvalue weighted by molar-refractivity contribution is -0.118. The first-order chi connectivity index (χ1) is 13.1. The molecule has 0 radical (unpaired) electrons. The molecule has 0 aromatic heterocycles. The number of ether oxygens (including phenoxy) is 2. The van der Waals surface area contributed by atoms with Crippen LogP contribution >= 0.6 is 0 Å². The molecule has 0 bridgehead atoms. The van der Waals surface area contributed by atoms with Gasteiger partial charge in [-0.25, -0.2) is 0 Å². The summed E-state index contributed by atoms with van der Waals surface area (Å²) in [6.45, 7) is 3.51. The highest BCUT2D eigenvalue weighted by atomic mass is 16.5. The highest BCUT2D eigenvalue weighted by molar-refractivity contribution is 5.95. The molecule has 142 valence electrons. The largest absolute Gasteiger partial charge is 0.493 e. The minimum Gasteiger partial charge on any atom is -0.493 e. The first-order valence-corrected chi connectivity index (χ1v) is 9.03. The molecule has 1 aliphatic heterocycles. The molecule has 0 aliphatic carbocycles. The number of carbonyl (C=O) groups excluding carboxylic acids is 2. The minimum atomic E-state index is -0.262. The highest BCUT2D eigenvalue weighted by Crippen LogP contribution is 2.28. The number of Topliss-reactive ketones (excluding diaryl/α,β-unsaturated/α-hetero) is 1. The Hall–Kier alpha value is -3.02. The fourth-order valence-electron chi connectivity index (χ4n) is 3.08. The molecule has 1 heterocycles. The van der Waals surface area contributed by atoms with Crippen molar-refractivity contribution in [1.82, 2.24) is 0 Å². The Balaban J connectivity index is 1.55. The lowest BCUT2D eigenvalue weighted by Crippen LogP contribution is -2.21. The van der Waals surface area contributed by atoms with E-state index in [0.717, 1.165) is 18.8 Å². The molecular weight excluding hydrogens is 344 g/mol. The third kappa shape index (κ3) is 4.78. The summed E-state index contributed by atoms with van der Waals surface area (Å²) in [5.41, 5.74) is 2.43. The summed E-state index contributed by atoms with van der Waals surface area (Å²) in [4.78, 5) is 25.9. The quantitative estimate of drug-likeness (QED) is 0.758. The molecule has 3 rings (SSSR count). The number of nitrogens with zero attached hydrogens (tertiary/aromatic N) is 1. The Bertz CT molecular complexity index is 811. The Morgan fingerprint density at radius 2 is 1.74 bits per heavy atom. The van der Waals surface area contributed by atoms with Gasteiger partial charge in [0.1, 0.15) is 0 Å². The van der Waals surface area contributed by atoms with Gasteiger partial charge in [-0.05, 0) is 62.2 Å². The van der Waals surface area contributed by atoms with Gasteiger partial charge in [-0.1, -0.05) is 0 Å². The number of methoxy groups -OCH3 is 1. The molecule has 2 aromatic rings. The minimum absolute atomic E-state index is 0.0602. The van der Waals surface area contributed by atoms with Crippen LogP contribution in [0.2, 0.25) is 0 Å².